The normalized spacial score (nSPS) is 9.26. The van der Waals surface area contributed by atoms with E-state index in [-0.39, 0.29) is 22.9 Å². The molecule has 2 aromatic carbocycles. The van der Waals surface area contributed by atoms with Gasteiger partial charge in [0.15, 0.2) is 0 Å². The summed E-state index contributed by atoms with van der Waals surface area (Å²) in [6.07, 6.45) is 1.91. The van der Waals surface area contributed by atoms with Gasteiger partial charge in [0.05, 0.1) is 5.78 Å². The fourth-order valence-corrected chi connectivity index (χ4v) is 2.27. The fourth-order valence-electron chi connectivity index (χ4n) is 1.97. The molecule has 0 aliphatic rings. The minimum atomic E-state index is 0. The van der Waals surface area contributed by atoms with E-state index in [1.165, 1.54) is 11.1 Å². The number of ketones is 1. The Morgan fingerprint density at radius 1 is 1.32 bits per heavy atom. The van der Waals surface area contributed by atoms with Crippen molar-refractivity contribution in [3.63, 3.8) is 0 Å². The van der Waals surface area contributed by atoms with Crippen LogP contribution in [-0.2, 0) is 29.9 Å². The molecule has 19 heavy (non-hydrogen) atoms. The Labute approximate surface area is 134 Å². The van der Waals surface area contributed by atoms with Crippen LogP contribution in [0.25, 0.3) is 0 Å². The average Bonchev–Trinajstić information content (AvgIpc) is 2.97. The molecule has 0 aromatic heterocycles. The summed E-state index contributed by atoms with van der Waals surface area (Å²) in [6.45, 7) is 5.82. The Hall–Kier alpha value is -0.631. The van der Waals surface area contributed by atoms with Gasteiger partial charge in [0.2, 0.25) is 0 Å². The van der Waals surface area contributed by atoms with Gasteiger partial charge >= 0.3 is 0 Å². The molecule has 0 spiro atoms. The number of halogens is 1. The zero-order chi connectivity index (χ0) is 13.5. The molecule has 0 fully saturated rings. The van der Waals surface area contributed by atoms with Crippen molar-refractivity contribution in [2.75, 3.05) is 0 Å². The fraction of sp³-hybridized carbons (Fsp3) is 0.312. The van der Waals surface area contributed by atoms with Crippen LogP contribution in [0, 0.1) is 0 Å². The Bertz CT molecular complexity index is 461. The molecule has 0 heterocycles. The maximum absolute atomic E-state index is 11.3. The third-order valence-electron chi connectivity index (χ3n) is 2.86. The van der Waals surface area contributed by atoms with Crippen LogP contribution in [-0.4, -0.2) is 5.78 Å². The zero-order valence-corrected chi connectivity index (χ0v) is 14.2. The Morgan fingerprint density at radius 3 is 2.21 bits per heavy atom. The minimum Gasteiger partial charge on any atom is -0.747 e. The van der Waals surface area contributed by atoms with Crippen molar-refractivity contribution in [3.05, 3.63) is 57.6 Å². The van der Waals surface area contributed by atoms with E-state index in [2.05, 4.69) is 41.9 Å². The third-order valence-corrected chi connectivity index (χ3v) is 3.39. The van der Waals surface area contributed by atoms with Gasteiger partial charge in [0.25, 0.3) is 0 Å². The molecule has 0 radical (unpaired) electrons. The second kappa shape index (κ2) is 9.30. The van der Waals surface area contributed by atoms with Crippen molar-refractivity contribution in [3.8, 4) is 0 Å². The predicted octanol–water partition coefficient (Wildman–Crippen LogP) is 4.90. The molecule has 110 valence electrons. The van der Waals surface area contributed by atoms with E-state index < -0.39 is 0 Å². The summed E-state index contributed by atoms with van der Waals surface area (Å²) in [5, 5.41) is 0. The molecule has 0 N–H and O–H groups in total. The van der Waals surface area contributed by atoms with E-state index in [9.17, 15) is 4.79 Å². The van der Waals surface area contributed by atoms with Crippen molar-refractivity contribution in [2.45, 2.75) is 33.6 Å². The molecule has 0 amide bonds. The molecular weight excluding hydrogens is 344 g/mol. The molecule has 0 bridgehead atoms. The van der Waals surface area contributed by atoms with Gasteiger partial charge in [0.1, 0.15) is 0 Å². The van der Waals surface area contributed by atoms with E-state index in [0.717, 1.165) is 22.9 Å². The number of rotatable bonds is 3. The van der Waals surface area contributed by atoms with Crippen LogP contribution in [0.15, 0.2) is 40.9 Å². The van der Waals surface area contributed by atoms with Crippen molar-refractivity contribution < 1.29 is 21.9 Å². The Balaban J connectivity index is 0.000000392. The summed E-state index contributed by atoms with van der Waals surface area (Å²) in [6, 6.07) is 12.1. The molecule has 0 unspecified atom stereocenters. The maximum atomic E-state index is 11.3. The van der Waals surface area contributed by atoms with Gasteiger partial charge in [-0.15, -0.1) is 11.1 Å². The van der Waals surface area contributed by atoms with E-state index in [0.29, 0.717) is 0 Å². The van der Waals surface area contributed by atoms with E-state index >= 15 is 0 Å². The summed E-state index contributed by atoms with van der Waals surface area (Å²) in [7, 11) is 0. The standard InChI is InChI=1S/C11H15O.C5H4Br.Fe/c1-4-9-6-7-10(5-2)11(9)8(3)12;6-5-3-1-2-4-5;/h6-7H,4-5H2,1-3H3;1-4H;/q-1;-5;. The zero-order valence-electron chi connectivity index (χ0n) is 11.5. The molecule has 0 saturated heterocycles. The molecule has 0 atom stereocenters. The second-order valence-corrected chi connectivity index (χ2v) is 5.04. The molecule has 2 rings (SSSR count). The van der Waals surface area contributed by atoms with Crippen LogP contribution in [0.5, 0.6) is 0 Å². The van der Waals surface area contributed by atoms with Crippen molar-refractivity contribution in [1.29, 1.82) is 0 Å². The molecule has 0 saturated carbocycles. The SMILES string of the molecule is Br[c-]1[cH-][cH-][cH-][cH-]1.CCc1cc[c-](CC)c1C(C)=O.[Fe]. The molecule has 2 aromatic rings. The quantitative estimate of drug-likeness (QED) is 0.431. The van der Waals surface area contributed by atoms with Gasteiger partial charge in [-0.25, -0.2) is 0 Å². The van der Waals surface area contributed by atoms with Crippen LogP contribution >= 0.6 is 15.9 Å². The van der Waals surface area contributed by atoms with Gasteiger partial charge in [-0.3, -0.25) is 0 Å². The Kier molecular flexibility index (Phi) is 8.99. The predicted molar refractivity (Wildman–Crippen MR) is 80.5 cm³/mol. The number of hydrogen-bond donors (Lipinski definition) is 0. The molecule has 0 aliphatic heterocycles. The average molecular weight is 363 g/mol. The van der Waals surface area contributed by atoms with Crippen LogP contribution in [0.4, 0.5) is 0 Å². The number of carbonyl (C=O) groups excluding carboxylic acids is 1. The van der Waals surface area contributed by atoms with Gasteiger partial charge in [-0.1, -0.05) is 26.7 Å². The first-order chi connectivity index (χ1) is 8.60. The molecular formula is C16H19BrFeO-6. The first-order valence-electron chi connectivity index (χ1n) is 6.25. The summed E-state index contributed by atoms with van der Waals surface area (Å²) < 4.78 is 1.16. The van der Waals surface area contributed by atoms with E-state index in [4.69, 9.17) is 0 Å². The summed E-state index contributed by atoms with van der Waals surface area (Å²) in [5.41, 5.74) is 3.35. The van der Waals surface area contributed by atoms with Crippen molar-refractivity contribution in [2.24, 2.45) is 0 Å². The molecule has 3 heteroatoms. The first-order valence-corrected chi connectivity index (χ1v) is 7.05. The summed E-state index contributed by atoms with van der Waals surface area (Å²) in [5.74, 6) is 0.203. The monoisotopic (exact) mass is 362 g/mol. The maximum Gasteiger partial charge on any atom is 0.0755 e. The van der Waals surface area contributed by atoms with Gasteiger partial charge < -0.3 is 49.5 Å². The number of aryl methyl sites for hydroxylation is 2. The van der Waals surface area contributed by atoms with Gasteiger partial charge in [-0.2, -0.15) is 17.7 Å². The van der Waals surface area contributed by atoms with Crippen LogP contribution < -0.4 is 0 Å². The van der Waals surface area contributed by atoms with E-state index in [1.54, 1.807) is 6.92 Å². The van der Waals surface area contributed by atoms with Crippen molar-refractivity contribution >= 4 is 21.7 Å². The summed E-state index contributed by atoms with van der Waals surface area (Å²) in [4.78, 5) is 11.3. The van der Waals surface area contributed by atoms with Crippen LogP contribution in [0.3, 0.4) is 0 Å². The largest absolute Gasteiger partial charge is 0.747 e. The topological polar surface area (TPSA) is 17.1 Å². The molecule has 0 aliphatic carbocycles. The molecule has 1 nitrogen and oxygen atoms in total. The van der Waals surface area contributed by atoms with Crippen molar-refractivity contribution in [1.82, 2.24) is 0 Å². The number of hydrogen-bond acceptors (Lipinski definition) is 1. The third kappa shape index (κ3) is 5.48. The van der Waals surface area contributed by atoms with Crippen LogP contribution in [0.2, 0.25) is 0 Å². The van der Waals surface area contributed by atoms with E-state index in [1.807, 2.05) is 24.3 Å². The number of carbonyl (C=O) groups is 1. The van der Waals surface area contributed by atoms with Gasteiger partial charge in [-0.05, 0) is 6.92 Å². The minimum absolute atomic E-state index is 0. The van der Waals surface area contributed by atoms with Crippen LogP contribution in [0.1, 0.15) is 42.3 Å². The second-order valence-electron chi connectivity index (χ2n) is 4.13. The first kappa shape index (κ1) is 18.4. The number of Topliss-reactive ketones (excluding diaryl/α,β-unsaturated/α-hetero) is 1. The summed E-state index contributed by atoms with van der Waals surface area (Å²) >= 11 is 3.28. The van der Waals surface area contributed by atoms with Gasteiger partial charge in [0, 0.05) is 17.1 Å². The smallest absolute Gasteiger partial charge is 0.0755 e. The Morgan fingerprint density at radius 2 is 1.89 bits per heavy atom.